The average molecular weight is 239 g/mol. The van der Waals surface area contributed by atoms with Gasteiger partial charge < -0.3 is 10.2 Å². The highest BCUT2D eigenvalue weighted by molar-refractivity contribution is 5.84. The van der Waals surface area contributed by atoms with Gasteiger partial charge in [0.25, 0.3) is 0 Å². The van der Waals surface area contributed by atoms with Gasteiger partial charge in [0, 0.05) is 11.8 Å². The second kappa shape index (κ2) is 4.14. The fourth-order valence-electron chi connectivity index (χ4n) is 1.89. The average Bonchev–Trinajstić information content (AvgIpc) is 2.82. The Kier molecular flexibility index (Phi) is 2.48. The maximum Gasteiger partial charge on any atom is 0.156 e. The lowest BCUT2D eigenvalue weighted by Gasteiger charge is -2.02. The van der Waals surface area contributed by atoms with Gasteiger partial charge in [0.1, 0.15) is 17.1 Å². The van der Waals surface area contributed by atoms with Crippen LogP contribution in [-0.4, -0.2) is 9.97 Å². The molecule has 90 valence electrons. The molecule has 2 N–H and O–H groups in total. The van der Waals surface area contributed by atoms with Crippen LogP contribution in [-0.2, 0) is 6.42 Å². The second-order valence-corrected chi connectivity index (χ2v) is 4.09. The molecule has 3 aromatic rings. The number of anilines is 1. The molecule has 0 aliphatic rings. The van der Waals surface area contributed by atoms with E-state index >= 15 is 0 Å². The van der Waals surface area contributed by atoms with Crippen molar-refractivity contribution in [3.05, 3.63) is 42.4 Å². The Balaban J connectivity index is 2.19. The molecule has 0 aliphatic carbocycles. The van der Waals surface area contributed by atoms with Gasteiger partial charge in [-0.3, -0.25) is 0 Å². The van der Waals surface area contributed by atoms with Crippen molar-refractivity contribution in [1.29, 1.82) is 0 Å². The summed E-state index contributed by atoms with van der Waals surface area (Å²) < 4.78 is 5.76. The van der Waals surface area contributed by atoms with Crippen LogP contribution in [0.25, 0.3) is 22.4 Å². The molecule has 2 aromatic heterocycles. The number of rotatable bonds is 2. The van der Waals surface area contributed by atoms with Crippen LogP contribution >= 0.6 is 0 Å². The molecular weight excluding hydrogens is 226 g/mol. The van der Waals surface area contributed by atoms with Crippen molar-refractivity contribution in [1.82, 2.24) is 9.97 Å². The Bertz CT molecular complexity index is 670. The third-order valence-electron chi connectivity index (χ3n) is 2.84. The van der Waals surface area contributed by atoms with Crippen molar-refractivity contribution in [3.8, 4) is 11.5 Å². The van der Waals surface area contributed by atoms with Crippen LogP contribution in [0.1, 0.15) is 12.7 Å². The Morgan fingerprint density at radius 2 is 2.11 bits per heavy atom. The van der Waals surface area contributed by atoms with Gasteiger partial charge in [-0.15, -0.1) is 0 Å². The molecule has 0 unspecified atom stereocenters. The third kappa shape index (κ3) is 1.72. The quantitative estimate of drug-likeness (QED) is 0.746. The van der Waals surface area contributed by atoms with Crippen molar-refractivity contribution < 1.29 is 4.42 Å². The first kappa shape index (κ1) is 10.8. The monoisotopic (exact) mass is 239 g/mol. The number of aromatic nitrogens is 2. The van der Waals surface area contributed by atoms with E-state index in [1.165, 1.54) is 0 Å². The Morgan fingerprint density at radius 3 is 2.89 bits per heavy atom. The summed E-state index contributed by atoms with van der Waals surface area (Å²) in [4.78, 5) is 8.59. The number of aryl methyl sites for hydroxylation is 1. The van der Waals surface area contributed by atoms with E-state index in [0.717, 1.165) is 23.2 Å². The zero-order chi connectivity index (χ0) is 12.5. The molecule has 0 amide bonds. The molecule has 18 heavy (non-hydrogen) atoms. The zero-order valence-electron chi connectivity index (χ0n) is 10.1. The number of nitrogens with zero attached hydrogens (tertiary/aromatic N) is 2. The molecule has 0 spiro atoms. The first-order chi connectivity index (χ1) is 8.78. The SMILES string of the molecule is CCc1ncc(N)c(-c2cc3ccccc3o2)n1. The number of benzene rings is 1. The summed E-state index contributed by atoms with van der Waals surface area (Å²) in [6.07, 6.45) is 2.40. The van der Waals surface area contributed by atoms with Gasteiger partial charge in [0.05, 0.1) is 11.9 Å². The van der Waals surface area contributed by atoms with Gasteiger partial charge >= 0.3 is 0 Å². The lowest BCUT2D eigenvalue weighted by molar-refractivity contribution is 0.628. The summed E-state index contributed by atoms with van der Waals surface area (Å²) in [5.41, 5.74) is 7.95. The van der Waals surface area contributed by atoms with Crippen LogP contribution in [0, 0.1) is 0 Å². The van der Waals surface area contributed by atoms with E-state index in [2.05, 4.69) is 9.97 Å². The number of nitrogen functional groups attached to an aromatic ring is 1. The topological polar surface area (TPSA) is 64.9 Å². The van der Waals surface area contributed by atoms with Gasteiger partial charge in [-0.05, 0) is 12.1 Å². The van der Waals surface area contributed by atoms with Gasteiger partial charge in [0.15, 0.2) is 5.76 Å². The number of nitrogens with two attached hydrogens (primary N) is 1. The van der Waals surface area contributed by atoms with Crippen molar-refractivity contribution in [2.45, 2.75) is 13.3 Å². The van der Waals surface area contributed by atoms with E-state index in [9.17, 15) is 0 Å². The number of fused-ring (bicyclic) bond motifs is 1. The van der Waals surface area contributed by atoms with Crippen LogP contribution in [0.2, 0.25) is 0 Å². The van der Waals surface area contributed by atoms with Crippen LogP contribution in [0.5, 0.6) is 0 Å². The minimum atomic E-state index is 0.534. The maximum absolute atomic E-state index is 5.91. The Morgan fingerprint density at radius 1 is 1.28 bits per heavy atom. The minimum absolute atomic E-state index is 0.534. The number of furan rings is 1. The minimum Gasteiger partial charge on any atom is -0.454 e. The van der Waals surface area contributed by atoms with Crippen LogP contribution in [0.4, 0.5) is 5.69 Å². The first-order valence-corrected chi connectivity index (χ1v) is 5.88. The molecular formula is C14H13N3O. The van der Waals surface area contributed by atoms with Gasteiger partial charge in [-0.25, -0.2) is 9.97 Å². The Labute approximate surface area is 104 Å². The molecule has 2 heterocycles. The highest BCUT2D eigenvalue weighted by atomic mass is 16.3. The van der Waals surface area contributed by atoms with Gasteiger partial charge in [-0.1, -0.05) is 25.1 Å². The van der Waals surface area contributed by atoms with E-state index in [1.54, 1.807) is 6.20 Å². The predicted octanol–water partition coefficient (Wildman–Crippen LogP) is 3.03. The third-order valence-corrected chi connectivity index (χ3v) is 2.84. The molecule has 0 atom stereocenters. The second-order valence-electron chi connectivity index (χ2n) is 4.09. The summed E-state index contributed by atoms with van der Waals surface area (Å²) >= 11 is 0. The van der Waals surface area contributed by atoms with Crippen LogP contribution in [0.15, 0.2) is 40.9 Å². The molecule has 1 aromatic carbocycles. The fourth-order valence-corrected chi connectivity index (χ4v) is 1.89. The van der Waals surface area contributed by atoms with Crippen LogP contribution in [0.3, 0.4) is 0 Å². The number of hydrogen-bond donors (Lipinski definition) is 1. The smallest absolute Gasteiger partial charge is 0.156 e. The predicted molar refractivity (Wildman–Crippen MR) is 71.0 cm³/mol. The lowest BCUT2D eigenvalue weighted by atomic mass is 10.2. The highest BCUT2D eigenvalue weighted by Crippen LogP contribution is 2.29. The fraction of sp³-hybridized carbons (Fsp3) is 0.143. The van der Waals surface area contributed by atoms with Crippen molar-refractivity contribution in [2.75, 3.05) is 5.73 Å². The van der Waals surface area contributed by atoms with E-state index in [0.29, 0.717) is 17.1 Å². The molecule has 0 radical (unpaired) electrons. The zero-order valence-corrected chi connectivity index (χ0v) is 10.1. The van der Waals surface area contributed by atoms with Crippen molar-refractivity contribution in [3.63, 3.8) is 0 Å². The lowest BCUT2D eigenvalue weighted by Crippen LogP contribution is -1.99. The normalized spacial score (nSPS) is 10.9. The van der Waals surface area contributed by atoms with E-state index in [1.807, 2.05) is 37.3 Å². The molecule has 4 heteroatoms. The summed E-state index contributed by atoms with van der Waals surface area (Å²) in [6.45, 7) is 2.01. The van der Waals surface area contributed by atoms with Crippen LogP contribution < -0.4 is 5.73 Å². The van der Waals surface area contributed by atoms with Crippen molar-refractivity contribution in [2.24, 2.45) is 0 Å². The Hall–Kier alpha value is -2.36. The highest BCUT2D eigenvalue weighted by Gasteiger charge is 2.11. The summed E-state index contributed by atoms with van der Waals surface area (Å²) in [7, 11) is 0. The number of para-hydroxylation sites is 1. The van der Waals surface area contributed by atoms with E-state index < -0.39 is 0 Å². The molecule has 3 rings (SSSR count). The van der Waals surface area contributed by atoms with E-state index in [4.69, 9.17) is 10.2 Å². The van der Waals surface area contributed by atoms with Crippen molar-refractivity contribution >= 4 is 16.7 Å². The largest absolute Gasteiger partial charge is 0.454 e. The molecule has 0 saturated carbocycles. The maximum atomic E-state index is 5.91. The molecule has 0 saturated heterocycles. The molecule has 0 bridgehead atoms. The van der Waals surface area contributed by atoms with E-state index in [-0.39, 0.29) is 0 Å². The molecule has 0 fully saturated rings. The van der Waals surface area contributed by atoms with Gasteiger partial charge in [-0.2, -0.15) is 0 Å². The summed E-state index contributed by atoms with van der Waals surface area (Å²) in [5.74, 6) is 1.45. The first-order valence-electron chi connectivity index (χ1n) is 5.88. The summed E-state index contributed by atoms with van der Waals surface area (Å²) in [6, 6.07) is 9.80. The number of hydrogen-bond acceptors (Lipinski definition) is 4. The standard InChI is InChI=1S/C14H13N3O/c1-2-13-16-8-10(15)14(17-13)12-7-9-5-3-4-6-11(9)18-12/h3-8H,2,15H2,1H3. The molecule has 4 nitrogen and oxygen atoms in total. The molecule has 0 aliphatic heterocycles. The summed E-state index contributed by atoms with van der Waals surface area (Å²) in [5, 5.41) is 1.04. The van der Waals surface area contributed by atoms with Gasteiger partial charge in [0.2, 0.25) is 0 Å².